The highest BCUT2D eigenvalue weighted by Crippen LogP contribution is 2.20. The number of amidine groups is 1. The number of aromatic nitrogens is 1. The molecule has 1 aromatic heterocycles. The third-order valence-electron chi connectivity index (χ3n) is 4.36. The third-order valence-corrected chi connectivity index (χ3v) is 5.47. The number of hydrogen-bond donors (Lipinski definition) is 3. The van der Waals surface area contributed by atoms with Crippen LogP contribution in [0.25, 0.3) is 0 Å². The molecule has 2 aromatic rings. The Morgan fingerprint density at radius 1 is 1.18 bits per heavy atom. The zero-order chi connectivity index (χ0) is 20.5. The molecular formula is C19H24N6O2S. The fourth-order valence-electron chi connectivity index (χ4n) is 2.61. The quantitative estimate of drug-likeness (QED) is 0.720. The average molecular weight is 401 g/mol. The van der Waals surface area contributed by atoms with Gasteiger partial charge in [0.1, 0.15) is 5.69 Å². The maximum atomic E-state index is 11.8. The topological polar surface area (TPSA) is 122 Å². The smallest absolute Gasteiger partial charge is 0.228 e. The van der Waals surface area contributed by atoms with E-state index in [-0.39, 0.29) is 16.8 Å². The predicted molar refractivity (Wildman–Crippen MR) is 111 cm³/mol. The average Bonchev–Trinajstić information content (AvgIpc) is 2.61. The molecule has 4 N–H and O–H groups in total. The van der Waals surface area contributed by atoms with Gasteiger partial charge in [-0.1, -0.05) is 26.0 Å². The Kier molecular flexibility index (Phi) is 5.22. The van der Waals surface area contributed by atoms with Gasteiger partial charge in [0.05, 0.1) is 4.90 Å². The van der Waals surface area contributed by atoms with E-state index in [9.17, 15) is 8.42 Å². The molecule has 148 valence electrons. The maximum absolute atomic E-state index is 11.8. The Balaban J connectivity index is 2.01. The maximum Gasteiger partial charge on any atom is 0.228 e. The van der Waals surface area contributed by atoms with Crippen molar-refractivity contribution in [3.63, 3.8) is 0 Å². The van der Waals surface area contributed by atoms with E-state index in [4.69, 9.17) is 5.73 Å². The number of benzene rings is 1. The lowest BCUT2D eigenvalue weighted by atomic mass is 10.1. The molecule has 1 aliphatic heterocycles. The first kappa shape index (κ1) is 20.0. The second-order valence-electron chi connectivity index (χ2n) is 7.09. The molecule has 0 saturated heterocycles. The molecule has 1 aromatic carbocycles. The van der Waals surface area contributed by atoms with Crippen LogP contribution < -0.4 is 16.4 Å². The van der Waals surface area contributed by atoms with Crippen molar-refractivity contribution in [2.75, 3.05) is 11.6 Å². The van der Waals surface area contributed by atoms with Gasteiger partial charge in [0.25, 0.3) is 0 Å². The first-order valence-electron chi connectivity index (χ1n) is 8.83. The summed E-state index contributed by atoms with van der Waals surface area (Å²) in [5.41, 5.74) is 8.52. The van der Waals surface area contributed by atoms with Crippen molar-refractivity contribution in [3.05, 3.63) is 53.9 Å². The summed E-state index contributed by atoms with van der Waals surface area (Å²) < 4.78 is 23.6. The largest absolute Gasteiger partial charge is 0.332 e. The monoisotopic (exact) mass is 400 g/mol. The fraction of sp³-hybridized carbons (Fsp3) is 0.316. The summed E-state index contributed by atoms with van der Waals surface area (Å²) in [6, 6.07) is 12.1. The number of sulfone groups is 1. The zero-order valence-corrected chi connectivity index (χ0v) is 17.1. The summed E-state index contributed by atoms with van der Waals surface area (Å²) in [5, 5.41) is 6.23. The van der Waals surface area contributed by atoms with Gasteiger partial charge in [-0.15, -0.1) is 0 Å². The molecule has 0 amide bonds. The number of rotatable bonds is 4. The first-order valence-corrected chi connectivity index (χ1v) is 10.7. The third kappa shape index (κ3) is 4.37. The zero-order valence-electron chi connectivity index (χ0n) is 16.3. The van der Waals surface area contributed by atoms with Crippen LogP contribution in [0.4, 0.5) is 5.69 Å². The molecule has 0 aliphatic carbocycles. The lowest BCUT2D eigenvalue weighted by Gasteiger charge is -2.34. The Bertz CT molecular complexity index is 1060. The molecule has 9 heteroatoms. The highest BCUT2D eigenvalue weighted by Gasteiger charge is 2.34. The van der Waals surface area contributed by atoms with Crippen molar-refractivity contribution >= 4 is 27.3 Å². The molecule has 0 radical (unpaired) electrons. The number of hydrogen-bond acceptors (Lipinski definition) is 8. The Morgan fingerprint density at radius 3 is 2.54 bits per heavy atom. The molecule has 1 atom stereocenters. The van der Waals surface area contributed by atoms with Gasteiger partial charge in [0.15, 0.2) is 21.5 Å². The van der Waals surface area contributed by atoms with Crippen LogP contribution in [0.3, 0.4) is 0 Å². The van der Waals surface area contributed by atoms with E-state index in [0.717, 1.165) is 11.9 Å². The number of pyridine rings is 1. The molecule has 28 heavy (non-hydrogen) atoms. The van der Waals surface area contributed by atoms with E-state index >= 15 is 0 Å². The first-order chi connectivity index (χ1) is 13.1. The second kappa shape index (κ2) is 7.33. The van der Waals surface area contributed by atoms with E-state index in [1.165, 1.54) is 12.1 Å². The van der Waals surface area contributed by atoms with Gasteiger partial charge in [-0.05, 0) is 37.3 Å². The molecule has 1 aliphatic rings. The SMILES string of the molecule is Cc1cccc(C2=NC(Nc3cccc(S(C)(=O)=O)c3)=NC(N)(C(C)C)N2)n1. The van der Waals surface area contributed by atoms with Crippen LogP contribution in [-0.4, -0.2) is 37.2 Å². The second-order valence-corrected chi connectivity index (χ2v) is 9.11. The van der Waals surface area contributed by atoms with Crippen LogP contribution >= 0.6 is 0 Å². The Labute approximate surface area is 164 Å². The van der Waals surface area contributed by atoms with Crippen molar-refractivity contribution in [3.8, 4) is 0 Å². The molecule has 0 saturated carbocycles. The summed E-state index contributed by atoms with van der Waals surface area (Å²) in [6.45, 7) is 5.80. The predicted octanol–water partition coefficient (Wildman–Crippen LogP) is 1.88. The normalized spacial score (nSPS) is 19.6. The van der Waals surface area contributed by atoms with Crippen LogP contribution in [0.15, 0.2) is 57.3 Å². The van der Waals surface area contributed by atoms with Crippen LogP contribution in [0.5, 0.6) is 0 Å². The Hall–Kier alpha value is -2.78. The minimum Gasteiger partial charge on any atom is -0.332 e. The number of aryl methyl sites for hydroxylation is 1. The van der Waals surface area contributed by atoms with Crippen molar-refractivity contribution in [1.82, 2.24) is 10.3 Å². The summed E-state index contributed by atoms with van der Waals surface area (Å²) in [6.07, 6.45) is 1.16. The van der Waals surface area contributed by atoms with E-state index in [0.29, 0.717) is 17.2 Å². The molecule has 0 bridgehead atoms. The van der Waals surface area contributed by atoms with E-state index < -0.39 is 15.6 Å². The van der Waals surface area contributed by atoms with Gasteiger partial charge in [-0.25, -0.2) is 18.4 Å². The van der Waals surface area contributed by atoms with Gasteiger partial charge in [-0.2, -0.15) is 4.99 Å². The van der Waals surface area contributed by atoms with Crippen LogP contribution in [0.1, 0.15) is 25.2 Å². The molecule has 2 heterocycles. The van der Waals surface area contributed by atoms with Gasteiger partial charge in [0.2, 0.25) is 5.96 Å². The van der Waals surface area contributed by atoms with E-state index in [1.807, 2.05) is 39.0 Å². The fourth-order valence-corrected chi connectivity index (χ4v) is 3.28. The van der Waals surface area contributed by atoms with Gasteiger partial charge < -0.3 is 10.6 Å². The summed E-state index contributed by atoms with van der Waals surface area (Å²) in [5.74, 6) is -0.350. The number of anilines is 1. The number of guanidine groups is 1. The van der Waals surface area contributed by atoms with Gasteiger partial charge in [0, 0.05) is 23.6 Å². The van der Waals surface area contributed by atoms with Crippen molar-refractivity contribution < 1.29 is 8.42 Å². The van der Waals surface area contributed by atoms with E-state index in [1.54, 1.807) is 12.1 Å². The molecule has 8 nitrogen and oxygen atoms in total. The summed E-state index contributed by atoms with van der Waals surface area (Å²) in [4.78, 5) is 13.7. The number of nitrogens with one attached hydrogen (secondary N) is 2. The summed E-state index contributed by atoms with van der Waals surface area (Å²) >= 11 is 0. The summed E-state index contributed by atoms with van der Waals surface area (Å²) in [7, 11) is -3.32. The minimum atomic E-state index is -3.32. The standard InChI is InChI=1S/C19H24N6O2S/c1-12(2)19(20)24-17(16-10-5-7-13(3)21-16)23-18(25-19)22-14-8-6-9-15(11-14)28(4,26)27/h5-12H,20H2,1-4H3,(H2,22,23,24,25). The highest BCUT2D eigenvalue weighted by atomic mass is 32.2. The minimum absolute atomic E-state index is 0.0398. The van der Waals surface area contributed by atoms with Crippen LogP contribution in [-0.2, 0) is 9.84 Å². The number of nitrogens with two attached hydrogens (primary N) is 1. The van der Waals surface area contributed by atoms with E-state index in [2.05, 4.69) is 25.6 Å². The lowest BCUT2D eigenvalue weighted by Crippen LogP contribution is -2.61. The van der Waals surface area contributed by atoms with Gasteiger partial charge >= 0.3 is 0 Å². The van der Waals surface area contributed by atoms with Crippen molar-refractivity contribution in [1.29, 1.82) is 0 Å². The lowest BCUT2D eigenvalue weighted by molar-refractivity contribution is 0.294. The molecular weight excluding hydrogens is 376 g/mol. The molecule has 0 spiro atoms. The highest BCUT2D eigenvalue weighted by molar-refractivity contribution is 7.90. The Morgan fingerprint density at radius 2 is 1.89 bits per heavy atom. The van der Waals surface area contributed by atoms with Crippen molar-refractivity contribution in [2.24, 2.45) is 21.6 Å². The van der Waals surface area contributed by atoms with Crippen LogP contribution in [0, 0.1) is 12.8 Å². The number of nitrogens with zero attached hydrogens (tertiary/aromatic N) is 3. The number of aliphatic imine (C=N–C) groups is 2. The molecule has 3 rings (SSSR count). The molecule has 1 unspecified atom stereocenters. The van der Waals surface area contributed by atoms with Gasteiger partial charge in [-0.3, -0.25) is 5.73 Å². The van der Waals surface area contributed by atoms with Crippen molar-refractivity contribution in [2.45, 2.75) is 31.5 Å². The van der Waals surface area contributed by atoms with Crippen LogP contribution in [0.2, 0.25) is 0 Å². The molecule has 0 fully saturated rings.